The Balaban J connectivity index is 1.51. The maximum atomic E-state index is 15.6. The standard InChI is InChI=1S/C39H44F4N6O4/c1-24(2)18-34(50)47-38(16-15-25-11-12-25,28-9-7-17-44-23-28)27-13-14-30(40)31(20-27)46-35(51)32-21-33(39(41,42)43)48-49(32)29-10-6-8-26(19-29)22-45-36(52)53-37(3,4)5/h6-10,13-14,17,19-21,23-25H,11-12,15-16,18,22H2,1-5H3,(H,45,52)(H,46,51)(H,47,50). The second-order valence-corrected chi connectivity index (χ2v) is 14.8. The lowest BCUT2D eigenvalue weighted by molar-refractivity contribution is -0.141. The van der Waals surface area contributed by atoms with Crippen molar-refractivity contribution in [2.24, 2.45) is 11.8 Å². The second kappa shape index (κ2) is 15.8. The number of pyridine rings is 1. The number of alkyl carbamates (subject to hydrolysis) is 1. The van der Waals surface area contributed by atoms with Crippen LogP contribution in [0.4, 0.5) is 28.0 Å². The van der Waals surface area contributed by atoms with Gasteiger partial charge in [-0.05, 0) is 86.9 Å². The van der Waals surface area contributed by atoms with Crippen molar-refractivity contribution >= 4 is 23.6 Å². The van der Waals surface area contributed by atoms with Gasteiger partial charge in [-0.15, -0.1) is 0 Å². The normalized spacial score (nSPS) is 14.4. The zero-order valence-electron chi connectivity index (χ0n) is 30.3. The van der Waals surface area contributed by atoms with Gasteiger partial charge in [-0.1, -0.05) is 51.0 Å². The molecular formula is C39H44F4N6O4. The molecule has 2 aromatic heterocycles. The van der Waals surface area contributed by atoms with Crippen LogP contribution in [0.5, 0.6) is 0 Å². The van der Waals surface area contributed by atoms with Crippen molar-refractivity contribution in [2.45, 2.75) is 90.6 Å². The smallest absolute Gasteiger partial charge is 0.435 e. The zero-order valence-corrected chi connectivity index (χ0v) is 30.3. The largest absolute Gasteiger partial charge is 0.444 e. The number of ether oxygens (including phenoxy) is 1. The summed E-state index contributed by atoms with van der Waals surface area (Å²) in [4.78, 5) is 43.7. The van der Waals surface area contributed by atoms with Crippen LogP contribution in [-0.2, 0) is 27.8 Å². The van der Waals surface area contributed by atoms with Crippen LogP contribution in [0, 0.1) is 17.7 Å². The minimum atomic E-state index is -4.90. The SMILES string of the molecule is CC(C)CC(=O)NC(CCC1CC1)(c1cccnc1)c1ccc(F)c(NC(=O)c2cc(C(F)(F)F)nn2-c2cccc(CNC(=O)OC(C)(C)C)c2)c1. The minimum absolute atomic E-state index is 0.0250. The number of amides is 3. The van der Waals surface area contributed by atoms with E-state index in [-0.39, 0.29) is 36.2 Å². The Kier molecular flexibility index (Phi) is 11.6. The quantitative estimate of drug-likeness (QED) is 0.119. The Bertz CT molecular complexity index is 1940. The van der Waals surface area contributed by atoms with E-state index in [4.69, 9.17) is 4.74 Å². The third-order valence-electron chi connectivity index (χ3n) is 8.66. The number of benzene rings is 2. The van der Waals surface area contributed by atoms with E-state index < -0.39 is 46.5 Å². The molecule has 4 aromatic rings. The van der Waals surface area contributed by atoms with E-state index in [1.165, 1.54) is 30.3 Å². The van der Waals surface area contributed by atoms with Crippen molar-refractivity contribution in [1.29, 1.82) is 0 Å². The lowest BCUT2D eigenvalue weighted by Crippen LogP contribution is -2.47. The van der Waals surface area contributed by atoms with E-state index in [0.717, 1.165) is 30.0 Å². The lowest BCUT2D eigenvalue weighted by Gasteiger charge is -2.37. The Morgan fingerprint density at radius 1 is 0.981 bits per heavy atom. The second-order valence-electron chi connectivity index (χ2n) is 14.8. The molecule has 1 aliphatic rings. The number of halogens is 4. The molecule has 0 bridgehead atoms. The number of nitrogens with one attached hydrogen (secondary N) is 3. The fraction of sp³-hybridized carbons (Fsp3) is 0.410. The molecule has 0 spiro atoms. The van der Waals surface area contributed by atoms with Gasteiger partial charge in [0.2, 0.25) is 5.91 Å². The van der Waals surface area contributed by atoms with Gasteiger partial charge in [0, 0.05) is 37.0 Å². The molecule has 14 heteroatoms. The van der Waals surface area contributed by atoms with E-state index >= 15 is 4.39 Å². The molecule has 2 heterocycles. The van der Waals surface area contributed by atoms with E-state index in [1.807, 2.05) is 19.9 Å². The zero-order chi connectivity index (χ0) is 38.6. The van der Waals surface area contributed by atoms with Crippen LogP contribution in [0.3, 0.4) is 0 Å². The lowest BCUT2D eigenvalue weighted by atomic mass is 9.78. The fourth-order valence-electron chi connectivity index (χ4n) is 6.00. The van der Waals surface area contributed by atoms with Gasteiger partial charge in [-0.3, -0.25) is 14.6 Å². The van der Waals surface area contributed by atoms with E-state index in [9.17, 15) is 27.6 Å². The number of nitrogens with zero attached hydrogens (tertiary/aromatic N) is 3. The number of alkyl halides is 3. The first kappa shape index (κ1) is 38.9. The van der Waals surface area contributed by atoms with Crippen LogP contribution in [-0.4, -0.2) is 38.3 Å². The van der Waals surface area contributed by atoms with Crippen molar-refractivity contribution in [1.82, 2.24) is 25.4 Å². The topological polar surface area (TPSA) is 127 Å². The minimum Gasteiger partial charge on any atom is -0.444 e. The molecule has 10 nitrogen and oxygen atoms in total. The summed E-state index contributed by atoms with van der Waals surface area (Å²) in [7, 11) is 0. The summed E-state index contributed by atoms with van der Waals surface area (Å²) in [5, 5.41) is 11.9. The molecule has 53 heavy (non-hydrogen) atoms. The van der Waals surface area contributed by atoms with Crippen LogP contribution in [0.2, 0.25) is 0 Å². The highest BCUT2D eigenvalue weighted by Gasteiger charge is 2.39. The highest BCUT2D eigenvalue weighted by atomic mass is 19.4. The van der Waals surface area contributed by atoms with Crippen LogP contribution >= 0.6 is 0 Å². The van der Waals surface area contributed by atoms with Crippen LogP contribution < -0.4 is 16.0 Å². The fourth-order valence-corrected chi connectivity index (χ4v) is 6.00. The molecule has 2 aromatic carbocycles. The number of carbonyl (C=O) groups excluding carboxylic acids is 3. The monoisotopic (exact) mass is 736 g/mol. The van der Waals surface area contributed by atoms with Gasteiger partial charge in [0.15, 0.2) is 5.69 Å². The van der Waals surface area contributed by atoms with Gasteiger partial charge in [0.25, 0.3) is 5.91 Å². The predicted molar refractivity (Wildman–Crippen MR) is 191 cm³/mol. The summed E-state index contributed by atoms with van der Waals surface area (Å²) in [6.07, 6.45) is 1.24. The Morgan fingerprint density at radius 2 is 1.74 bits per heavy atom. The first-order chi connectivity index (χ1) is 24.9. The Morgan fingerprint density at radius 3 is 2.38 bits per heavy atom. The van der Waals surface area contributed by atoms with Gasteiger partial charge in [-0.25, -0.2) is 13.9 Å². The molecule has 3 N–H and O–H groups in total. The van der Waals surface area contributed by atoms with Crippen molar-refractivity contribution in [3.8, 4) is 5.69 Å². The number of rotatable bonds is 13. The molecule has 1 fully saturated rings. The van der Waals surface area contributed by atoms with E-state index in [2.05, 4.69) is 26.0 Å². The molecule has 3 amide bonds. The summed E-state index contributed by atoms with van der Waals surface area (Å²) in [6.45, 7) is 8.94. The van der Waals surface area contributed by atoms with Gasteiger partial charge in [-0.2, -0.15) is 18.3 Å². The van der Waals surface area contributed by atoms with Crippen molar-refractivity contribution in [3.05, 3.63) is 107 Å². The molecule has 5 rings (SSSR count). The summed E-state index contributed by atoms with van der Waals surface area (Å²) in [6, 6.07) is 14.3. The number of anilines is 1. The van der Waals surface area contributed by atoms with Gasteiger partial charge >= 0.3 is 12.3 Å². The van der Waals surface area contributed by atoms with E-state index in [0.29, 0.717) is 35.1 Å². The molecule has 1 unspecified atom stereocenters. The summed E-state index contributed by atoms with van der Waals surface area (Å²) in [5.41, 5.74) is -2.34. The molecule has 1 atom stereocenters. The summed E-state index contributed by atoms with van der Waals surface area (Å²) < 4.78 is 63.5. The summed E-state index contributed by atoms with van der Waals surface area (Å²) >= 11 is 0. The Labute approximate surface area is 305 Å². The number of hydrogen-bond acceptors (Lipinski definition) is 6. The highest BCUT2D eigenvalue weighted by Crippen LogP contribution is 2.42. The van der Waals surface area contributed by atoms with Gasteiger partial charge in [0.05, 0.1) is 16.9 Å². The highest BCUT2D eigenvalue weighted by molar-refractivity contribution is 6.03. The van der Waals surface area contributed by atoms with Crippen molar-refractivity contribution in [3.63, 3.8) is 0 Å². The molecule has 282 valence electrons. The Hall–Kier alpha value is -5.27. The van der Waals surface area contributed by atoms with Crippen molar-refractivity contribution < 1.29 is 36.7 Å². The predicted octanol–water partition coefficient (Wildman–Crippen LogP) is 8.30. The first-order valence-electron chi connectivity index (χ1n) is 17.5. The van der Waals surface area contributed by atoms with Crippen LogP contribution in [0.15, 0.2) is 73.1 Å². The molecule has 1 saturated carbocycles. The van der Waals surface area contributed by atoms with Crippen LogP contribution in [0.25, 0.3) is 5.69 Å². The van der Waals surface area contributed by atoms with E-state index in [1.54, 1.807) is 45.3 Å². The third kappa shape index (κ3) is 10.2. The molecule has 0 saturated heterocycles. The molecular weight excluding hydrogens is 692 g/mol. The van der Waals surface area contributed by atoms with Crippen molar-refractivity contribution in [2.75, 3.05) is 5.32 Å². The number of aromatic nitrogens is 3. The average molecular weight is 737 g/mol. The molecule has 0 radical (unpaired) electrons. The molecule has 1 aliphatic carbocycles. The van der Waals surface area contributed by atoms with Gasteiger partial charge in [0.1, 0.15) is 17.1 Å². The third-order valence-corrected chi connectivity index (χ3v) is 8.66. The maximum absolute atomic E-state index is 15.6. The maximum Gasteiger partial charge on any atom is 0.435 e. The average Bonchev–Trinajstić information content (AvgIpc) is 3.79. The summed E-state index contributed by atoms with van der Waals surface area (Å²) in [5.74, 6) is -1.59. The van der Waals surface area contributed by atoms with Gasteiger partial charge < -0.3 is 20.7 Å². The van der Waals surface area contributed by atoms with Crippen LogP contribution in [0.1, 0.15) is 99.6 Å². The number of carbonyl (C=O) groups is 3. The first-order valence-corrected chi connectivity index (χ1v) is 17.5. The molecule has 0 aliphatic heterocycles. The number of hydrogen-bond donors (Lipinski definition) is 3.